The van der Waals surface area contributed by atoms with Crippen molar-refractivity contribution in [1.29, 1.82) is 0 Å². The van der Waals surface area contributed by atoms with Crippen molar-refractivity contribution < 1.29 is 24.7 Å². The molecule has 4 aromatic heterocycles. The first-order chi connectivity index (χ1) is 20.8. The largest absolute Gasteiger partial charge is 0.340 e. The van der Waals surface area contributed by atoms with Gasteiger partial charge in [-0.1, -0.05) is 47.9 Å². The molecule has 8 aromatic rings. The summed E-state index contributed by atoms with van der Waals surface area (Å²) in [4.78, 5) is 8.84. The number of imidazole rings is 1. The summed E-state index contributed by atoms with van der Waals surface area (Å²) in [6, 6.07) is 51.4. The Morgan fingerprint density at radius 1 is 0.674 bits per heavy atom. The van der Waals surface area contributed by atoms with Crippen LogP contribution in [-0.2, 0) is 20.1 Å². The van der Waals surface area contributed by atoms with Crippen molar-refractivity contribution in [1.82, 2.24) is 14.4 Å². The van der Waals surface area contributed by atoms with E-state index in [0.29, 0.717) is 0 Å². The molecule has 0 aliphatic carbocycles. The van der Waals surface area contributed by atoms with Gasteiger partial charge in [0.1, 0.15) is 6.20 Å². The first kappa shape index (κ1) is 29.5. The molecule has 0 unspecified atom stereocenters. The number of hydrogen-bond donors (Lipinski definition) is 0. The maximum atomic E-state index is 4.62. The third kappa shape index (κ3) is 6.92. The van der Waals surface area contributed by atoms with Gasteiger partial charge in [0.15, 0.2) is 0 Å². The number of rotatable bonds is 2. The molecule has 0 saturated heterocycles. The Morgan fingerprint density at radius 3 is 2.16 bits per heavy atom. The summed E-state index contributed by atoms with van der Waals surface area (Å²) in [5, 5.41) is 3.55. The molecule has 0 N–H and O–H groups in total. The molecule has 0 fully saturated rings. The zero-order chi connectivity index (χ0) is 28.6. The Labute approximate surface area is 265 Å². The van der Waals surface area contributed by atoms with Gasteiger partial charge >= 0.3 is 0 Å². The molecule has 8 rings (SSSR count). The maximum Gasteiger partial charge on any atom is 0.150 e. The second kappa shape index (κ2) is 14.3. The molecule has 0 spiro atoms. The van der Waals surface area contributed by atoms with Crippen LogP contribution in [0.2, 0.25) is 0 Å². The molecule has 4 aromatic carbocycles. The Balaban J connectivity index is 0.000000131. The van der Waals surface area contributed by atoms with Crippen molar-refractivity contribution in [2.24, 2.45) is 0 Å². The minimum absolute atomic E-state index is 0. The average Bonchev–Trinajstić information content (AvgIpc) is 3.49. The zero-order valence-corrected chi connectivity index (χ0v) is 25.9. The molecule has 5 heteroatoms. The van der Waals surface area contributed by atoms with Gasteiger partial charge in [-0.3, -0.25) is 4.98 Å². The van der Waals surface area contributed by atoms with Crippen molar-refractivity contribution in [3.8, 4) is 16.9 Å². The van der Waals surface area contributed by atoms with Crippen molar-refractivity contribution in [3.63, 3.8) is 0 Å². The minimum Gasteiger partial charge on any atom is -0.340 e. The Bertz CT molecular complexity index is 1800. The summed E-state index contributed by atoms with van der Waals surface area (Å²) in [5.41, 5.74) is 6.24. The zero-order valence-electron chi connectivity index (χ0n) is 23.5. The van der Waals surface area contributed by atoms with Crippen LogP contribution in [0.25, 0.3) is 44.3 Å². The predicted octanol–water partition coefficient (Wildman–Crippen LogP) is 7.86. The molecular formula is C38H27IrN4-3. The first-order valence-electron chi connectivity index (χ1n) is 13.7. The quantitative estimate of drug-likeness (QED) is 0.103. The number of fused-ring (bicyclic) bond motifs is 6. The molecule has 0 amide bonds. The smallest absolute Gasteiger partial charge is 0.150 e. The van der Waals surface area contributed by atoms with Crippen LogP contribution in [0.3, 0.4) is 0 Å². The van der Waals surface area contributed by atoms with E-state index in [1.165, 1.54) is 16.3 Å². The number of nitrogens with zero attached hydrogens (tertiary/aromatic N) is 4. The number of benzene rings is 4. The summed E-state index contributed by atoms with van der Waals surface area (Å²) in [6.45, 7) is 2.02. The summed E-state index contributed by atoms with van der Waals surface area (Å²) >= 11 is 0. The van der Waals surface area contributed by atoms with Crippen molar-refractivity contribution >= 4 is 27.3 Å². The molecule has 211 valence electrons. The molecule has 0 atom stereocenters. The normalized spacial score (nSPS) is 10.3. The van der Waals surface area contributed by atoms with Gasteiger partial charge in [-0.25, -0.2) is 0 Å². The molecule has 4 heterocycles. The van der Waals surface area contributed by atoms with Crippen LogP contribution in [0.1, 0.15) is 5.69 Å². The third-order valence-electron chi connectivity index (χ3n) is 6.62. The van der Waals surface area contributed by atoms with Crippen LogP contribution in [0.5, 0.6) is 0 Å². The monoisotopic (exact) mass is 732 g/mol. The van der Waals surface area contributed by atoms with Crippen molar-refractivity contribution in [2.45, 2.75) is 6.92 Å². The summed E-state index contributed by atoms with van der Waals surface area (Å²) in [5.74, 6) is 0. The molecule has 0 bridgehead atoms. The van der Waals surface area contributed by atoms with Gasteiger partial charge in [0.05, 0.1) is 11.8 Å². The van der Waals surface area contributed by atoms with Crippen molar-refractivity contribution in [3.05, 3.63) is 176 Å². The third-order valence-corrected chi connectivity index (χ3v) is 6.62. The van der Waals surface area contributed by atoms with Crippen LogP contribution in [0.4, 0.5) is 0 Å². The van der Waals surface area contributed by atoms with E-state index in [2.05, 4.69) is 75.3 Å². The number of hydrogen-bond acceptors (Lipinski definition) is 2. The van der Waals surface area contributed by atoms with E-state index in [0.717, 1.165) is 33.7 Å². The topological polar surface area (TPSA) is 34.1 Å². The number of aryl methyl sites for hydroxylation is 1. The van der Waals surface area contributed by atoms with E-state index in [4.69, 9.17) is 0 Å². The van der Waals surface area contributed by atoms with Crippen molar-refractivity contribution in [2.75, 3.05) is 0 Å². The van der Waals surface area contributed by atoms with Crippen LogP contribution >= 0.6 is 0 Å². The van der Waals surface area contributed by atoms with E-state index >= 15 is 0 Å². The standard InChI is InChI=1S/C16H11N2.2C11H8N.Ir/c1-11-10-18-15-9-5-4-7-13(15)12-6-2-3-8-14(12)16(18)17-11;1-3-7-11(8-4-1)12-9-5-2-6-10-12;1-2-6-10(7-3-1)11-8-4-5-9-12-11;/h2-7,9-10H,1H3;1-7,9H;1-6,8-9H;/q3*-1;. The second-order valence-corrected chi connectivity index (χ2v) is 9.49. The van der Waals surface area contributed by atoms with Gasteiger partial charge in [-0.2, -0.15) is 24.3 Å². The Kier molecular flexibility index (Phi) is 9.81. The summed E-state index contributed by atoms with van der Waals surface area (Å²) in [6.07, 6.45) is 8.89. The van der Waals surface area contributed by atoms with Gasteiger partial charge in [0.25, 0.3) is 0 Å². The number of aromatic nitrogens is 4. The van der Waals surface area contributed by atoms with Gasteiger partial charge in [-0.15, -0.1) is 77.7 Å². The fraction of sp³-hybridized carbons (Fsp3) is 0.0263. The SMILES string of the molecule is Cc1cn2c3ccccc3c3ccc[c-]c3c2n1.[Ir].[c-]1ccccc1-[n+]1[c-]cccc1.[c-]1ccccc1-c1ccccn1. The van der Waals surface area contributed by atoms with E-state index in [9.17, 15) is 0 Å². The van der Waals surface area contributed by atoms with Crippen LogP contribution < -0.4 is 4.57 Å². The van der Waals surface area contributed by atoms with Gasteiger partial charge in [-0.05, 0) is 30.1 Å². The molecule has 0 saturated carbocycles. The first-order valence-corrected chi connectivity index (χ1v) is 13.7. The van der Waals surface area contributed by atoms with Gasteiger partial charge in [0.2, 0.25) is 0 Å². The van der Waals surface area contributed by atoms with Gasteiger partial charge in [0, 0.05) is 49.4 Å². The van der Waals surface area contributed by atoms with E-state index in [1.807, 2.05) is 115 Å². The molecule has 0 aliphatic rings. The van der Waals surface area contributed by atoms with Crippen LogP contribution in [-0.4, -0.2) is 14.4 Å². The molecule has 0 aliphatic heterocycles. The maximum absolute atomic E-state index is 4.62. The van der Waals surface area contributed by atoms with Gasteiger partial charge < -0.3 is 14.0 Å². The van der Waals surface area contributed by atoms with E-state index < -0.39 is 0 Å². The molecule has 4 nitrogen and oxygen atoms in total. The molecule has 1 radical (unpaired) electrons. The Morgan fingerprint density at radius 2 is 1.42 bits per heavy atom. The fourth-order valence-electron chi connectivity index (χ4n) is 4.73. The Hall–Kier alpha value is -4.96. The summed E-state index contributed by atoms with van der Waals surface area (Å²) in [7, 11) is 0. The van der Waals surface area contributed by atoms with E-state index in [1.54, 1.807) is 6.20 Å². The molecular weight excluding hydrogens is 705 g/mol. The predicted molar refractivity (Wildman–Crippen MR) is 168 cm³/mol. The average molecular weight is 732 g/mol. The number of para-hydroxylation sites is 2. The summed E-state index contributed by atoms with van der Waals surface area (Å²) < 4.78 is 4.06. The second-order valence-electron chi connectivity index (χ2n) is 9.49. The van der Waals surface area contributed by atoms with E-state index in [-0.39, 0.29) is 20.1 Å². The van der Waals surface area contributed by atoms with Crippen LogP contribution in [0, 0.1) is 31.3 Å². The number of pyridine rings is 3. The minimum atomic E-state index is 0. The van der Waals surface area contributed by atoms with Crippen LogP contribution in [0.15, 0.2) is 146 Å². The molecule has 43 heavy (non-hydrogen) atoms. The fourth-order valence-corrected chi connectivity index (χ4v) is 4.73.